The Kier molecular flexibility index (Phi) is 4.92. The highest BCUT2D eigenvalue weighted by atomic mass is 16.6. The molecule has 0 atom stereocenters. The van der Waals surface area contributed by atoms with Crippen LogP contribution in [0, 0.1) is 10.1 Å². The molecule has 0 aliphatic rings. The fourth-order valence-electron chi connectivity index (χ4n) is 2.81. The van der Waals surface area contributed by atoms with E-state index in [0.717, 1.165) is 0 Å². The fourth-order valence-corrected chi connectivity index (χ4v) is 2.81. The second kappa shape index (κ2) is 7.84. The molecule has 1 amide bonds. The van der Waals surface area contributed by atoms with Crippen LogP contribution in [0.25, 0.3) is 10.9 Å². The van der Waals surface area contributed by atoms with Crippen LogP contribution in [-0.2, 0) is 0 Å². The van der Waals surface area contributed by atoms with Gasteiger partial charge in [-0.3, -0.25) is 19.9 Å². The number of nitro benzene ring substituents is 1. The number of aromatic hydroxyl groups is 1. The summed E-state index contributed by atoms with van der Waals surface area (Å²) in [6.07, 6.45) is 3.05. The van der Waals surface area contributed by atoms with Crippen LogP contribution in [0.5, 0.6) is 17.2 Å². The third-order valence-corrected chi connectivity index (χ3v) is 4.25. The van der Waals surface area contributed by atoms with Crippen molar-refractivity contribution in [1.29, 1.82) is 0 Å². The minimum atomic E-state index is -0.680. The number of nitrogens with zero attached hydrogens (tertiary/aromatic N) is 3. The summed E-state index contributed by atoms with van der Waals surface area (Å²) < 4.78 is 5.83. The Hall–Kier alpha value is -4.53. The molecule has 0 aliphatic carbocycles. The molecule has 0 fully saturated rings. The third kappa shape index (κ3) is 3.85. The van der Waals surface area contributed by atoms with E-state index in [-0.39, 0.29) is 5.91 Å². The summed E-state index contributed by atoms with van der Waals surface area (Å²) in [5.41, 5.74) is 0.317. The van der Waals surface area contributed by atoms with E-state index in [1.165, 1.54) is 18.3 Å². The zero-order valence-electron chi connectivity index (χ0n) is 15.4. The molecule has 30 heavy (non-hydrogen) atoms. The molecule has 0 aliphatic heterocycles. The first-order valence-corrected chi connectivity index (χ1v) is 8.78. The molecule has 4 aromatic rings. The van der Waals surface area contributed by atoms with Crippen molar-refractivity contribution in [3.05, 3.63) is 88.7 Å². The highest BCUT2D eigenvalue weighted by molar-refractivity contribution is 6.03. The van der Waals surface area contributed by atoms with Gasteiger partial charge in [-0.15, -0.1) is 0 Å². The molecule has 0 unspecified atom stereocenters. The lowest BCUT2D eigenvalue weighted by atomic mass is 10.1. The first kappa shape index (κ1) is 18.8. The van der Waals surface area contributed by atoms with Crippen molar-refractivity contribution in [3.63, 3.8) is 0 Å². The number of pyridine rings is 2. The number of anilines is 1. The van der Waals surface area contributed by atoms with E-state index < -0.39 is 16.4 Å². The van der Waals surface area contributed by atoms with E-state index >= 15 is 0 Å². The first-order valence-electron chi connectivity index (χ1n) is 8.78. The van der Waals surface area contributed by atoms with E-state index in [1.54, 1.807) is 54.7 Å². The van der Waals surface area contributed by atoms with Crippen molar-refractivity contribution in [2.75, 3.05) is 5.32 Å². The lowest BCUT2D eigenvalue weighted by Gasteiger charge is -2.10. The molecule has 2 aromatic carbocycles. The number of carbonyl (C=O) groups is 1. The molecule has 2 aromatic heterocycles. The van der Waals surface area contributed by atoms with Crippen LogP contribution in [0.1, 0.15) is 10.4 Å². The lowest BCUT2D eigenvalue weighted by molar-refractivity contribution is -0.385. The summed E-state index contributed by atoms with van der Waals surface area (Å²) in [7, 11) is 0. The number of benzene rings is 2. The second-order valence-corrected chi connectivity index (χ2v) is 6.22. The van der Waals surface area contributed by atoms with E-state index in [4.69, 9.17) is 4.74 Å². The van der Waals surface area contributed by atoms with Gasteiger partial charge < -0.3 is 15.2 Å². The van der Waals surface area contributed by atoms with E-state index in [0.29, 0.717) is 33.8 Å². The number of rotatable bonds is 5. The zero-order valence-corrected chi connectivity index (χ0v) is 15.4. The van der Waals surface area contributed by atoms with Crippen molar-refractivity contribution in [2.45, 2.75) is 0 Å². The number of carbonyl (C=O) groups excluding carboxylic acids is 1. The second-order valence-electron chi connectivity index (χ2n) is 6.22. The van der Waals surface area contributed by atoms with Crippen LogP contribution in [-0.4, -0.2) is 25.9 Å². The Bertz CT molecular complexity index is 1240. The number of aromatic nitrogens is 2. The maximum absolute atomic E-state index is 12.3. The maximum atomic E-state index is 12.3. The predicted molar refractivity (Wildman–Crippen MR) is 109 cm³/mol. The Balaban J connectivity index is 1.57. The van der Waals surface area contributed by atoms with Gasteiger partial charge in [0.25, 0.3) is 5.91 Å². The van der Waals surface area contributed by atoms with Gasteiger partial charge in [0.05, 0.1) is 15.8 Å². The van der Waals surface area contributed by atoms with Gasteiger partial charge in [0.1, 0.15) is 17.3 Å². The van der Waals surface area contributed by atoms with Crippen LogP contribution in [0.3, 0.4) is 0 Å². The van der Waals surface area contributed by atoms with Gasteiger partial charge in [0, 0.05) is 30.1 Å². The SMILES string of the molecule is O=C(Nc1ccccn1)c1ccc(Oc2ccnc3cc(O)c([N+](=O)[O-])cc23)cc1. The maximum Gasteiger partial charge on any atom is 0.311 e. The third-order valence-electron chi connectivity index (χ3n) is 4.25. The monoisotopic (exact) mass is 402 g/mol. The summed E-state index contributed by atoms with van der Waals surface area (Å²) in [5.74, 6) is 0.401. The first-order chi connectivity index (χ1) is 14.5. The number of hydrogen-bond acceptors (Lipinski definition) is 7. The minimum Gasteiger partial charge on any atom is -0.502 e. The molecule has 0 saturated carbocycles. The Labute approximate surface area is 169 Å². The fraction of sp³-hybridized carbons (Fsp3) is 0. The predicted octanol–water partition coefficient (Wildman–Crippen LogP) is 4.29. The van der Waals surface area contributed by atoms with Gasteiger partial charge in [-0.25, -0.2) is 4.98 Å². The number of phenols is 1. The number of hydrogen-bond donors (Lipinski definition) is 2. The van der Waals surface area contributed by atoms with Crippen molar-refractivity contribution >= 4 is 28.3 Å². The molecule has 148 valence electrons. The number of ether oxygens (including phenoxy) is 1. The average Bonchev–Trinajstić information content (AvgIpc) is 2.74. The molecule has 0 bridgehead atoms. The van der Waals surface area contributed by atoms with Crippen molar-refractivity contribution < 1.29 is 19.6 Å². The topological polar surface area (TPSA) is 127 Å². The molecule has 9 nitrogen and oxygen atoms in total. The quantitative estimate of drug-likeness (QED) is 0.376. The summed E-state index contributed by atoms with van der Waals surface area (Å²) >= 11 is 0. The smallest absolute Gasteiger partial charge is 0.311 e. The molecule has 9 heteroatoms. The Morgan fingerprint density at radius 2 is 1.83 bits per heavy atom. The van der Waals surface area contributed by atoms with Crippen LogP contribution in [0.4, 0.5) is 11.5 Å². The number of phenolic OH excluding ortho intramolecular Hbond substituents is 1. The standard InChI is InChI=1S/C21H14N4O5/c26-18-12-16-15(11-17(18)25(28)29)19(8-10-22-16)30-14-6-4-13(5-7-14)21(27)24-20-3-1-2-9-23-20/h1-12,26H,(H,23,24,27). The van der Waals surface area contributed by atoms with Gasteiger partial charge in [0.2, 0.25) is 0 Å². The molecular formula is C21H14N4O5. The highest BCUT2D eigenvalue weighted by Crippen LogP contribution is 2.36. The summed E-state index contributed by atoms with van der Waals surface area (Å²) in [6, 6.07) is 15.6. The molecule has 0 radical (unpaired) electrons. The van der Waals surface area contributed by atoms with E-state index in [9.17, 15) is 20.0 Å². The van der Waals surface area contributed by atoms with Crippen molar-refractivity contribution in [2.24, 2.45) is 0 Å². The summed E-state index contributed by atoms with van der Waals surface area (Å²) in [5, 5.41) is 24.0. The number of amides is 1. The average molecular weight is 402 g/mol. The van der Waals surface area contributed by atoms with Gasteiger partial charge in [0.15, 0.2) is 5.75 Å². The van der Waals surface area contributed by atoms with Crippen LogP contribution >= 0.6 is 0 Å². The Morgan fingerprint density at radius 1 is 1.03 bits per heavy atom. The van der Waals surface area contributed by atoms with Crippen LogP contribution in [0.2, 0.25) is 0 Å². The van der Waals surface area contributed by atoms with Crippen molar-refractivity contribution in [3.8, 4) is 17.2 Å². The van der Waals surface area contributed by atoms with Crippen LogP contribution in [0.15, 0.2) is 73.1 Å². The van der Waals surface area contributed by atoms with Gasteiger partial charge in [-0.1, -0.05) is 6.07 Å². The number of fused-ring (bicyclic) bond motifs is 1. The normalized spacial score (nSPS) is 10.5. The molecule has 0 spiro atoms. The van der Waals surface area contributed by atoms with E-state index in [2.05, 4.69) is 15.3 Å². The van der Waals surface area contributed by atoms with Crippen molar-refractivity contribution in [1.82, 2.24) is 9.97 Å². The van der Waals surface area contributed by atoms with E-state index in [1.807, 2.05) is 0 Å². The largest absolute Gasteiger partial charge is 0.502 e. The molecular weight excluding hydrogens is 388 g/mol. The van der Waals surface area contributed by atoms with Gasteiger partial charge in [-0.05, 0) is 42.5 Å². The van der Waals surface area contributed by atoms with Gasteiger partial charge >= 0.3 is 5.69 Å². The lowest BCUT2D eigenvalue weighted by Crippen LogP contribution is -2.12. The minimum absolute atomic E-state index is 0.319. The molecule has 2 N–H and O–H groups in total. The van der Waals surface area contributed by atoms with Gasteiger partial charge in [-0.2, -0.15) is 0 Å². The Morgan fingerprint density at radius 3 is 2.53 bits per heavy atom. The summed E-state index contributed by atoms with van der Waals surface area (Å²) in [6.45, 7) is 0. The molecule has 4 rings (SSSR count). The highest BCUT2D eigenvalue weighted by Gasteiger charge is 2.17. The molecule has 0 saturated heterocycles. The molecule has 2 heterocycles. The summed E-state index contributed by atoms with van der Waals surface area (Å²) in [4.78, 5) is 30.9. The number of nitrogens with one attached hydrogen (secondary N) is 1. The number of nitro groups is 1. The zero-order chi connectivity index (χ0) is 21.1. The van der Waals surface area contributed by atoms with Crippen LogP contribution < -0.4 is 10.1 Å².